The molecule has 0 radical (unpaired) electrons. The molecule has 0 fully saturated rings. The van der Waals surface area contributed by atoms with Gasteiger partial charge in [-0.1, -0.05) is 41.3 Å². The predicted octanol–water partition coefficient (Wildman–Crippen LogP) is 4.67. The van der Waals surface area contributed by atoms with Crippen molar-refractivity contribution in [3.8, 4) is 0 Å². The van der Waals surface area contributed by atoms with Crippen molar-refractivity contribution in [3.05, 3.63) is 59.9 Å². The van der Waals surface area contributed by atoms with E-state index < -0.39 is 0 Å². The van der Waals surface area contributed by atoms with Crippen molar-refractivity contribution >= 4 is 45.5 Å². The van der Waals surface area contributed by atoms with Crippen LogP contribution in [0.25, 0.3) is 0 Å². The highest BCUT2D eigenvalue weighted by Gasteiger charge is 2.07. The van der Waals surface area contributed by atoms with Crippen LogP contribution in [0.2, 0.25) is 0 Å². The Hall–Kier alpha value is -2.45. The van der Waals surface area contributed by atoms with E-state index >= 15 is 0 Å². The molecule has 0 saturated carbocycles. The molecule has 1 amide bonds. The number of carbonyl (C=O) groups excluding carboxylic acids is 1. The van der Waals surface area contributed by atoms with E-state index in [-0.39, 0.29) is 11.7 Å². The molecule has 1 aromatic heterocycles. The van der Waals surface area contributed by atoms with Gasteiger partial charge in [0.15, 0.2) is 4.34 Å². The zero-order valence-electron chi connectivity index (χ0n) is 13.3. The van der Waals surface area contributed by atoms with E-state index in [1.54, 1.807) is 6.07 Å². The fourth-order valence-corrected chi connectivity index (χ4v) is 3.81. The van der Waals surface area contributed by atoms with E-state index in [0.717, 1.165) is 15.6 Å². The molecular formula is C17H15FN4OS2. The molecule has 1 heterocycles. The molecule has 3 rings (SSSR count). The van der Waals surface area contributed by atoms with E-state index in [2.05, 4.69) is 20.8 Å². The van der Waals surface area contributed by atoms with Gasteiger partial charge in [0.25, 0.3) is 0 Å². The topological polar surface area (TPSA) is 66.9 Å². The average Bonchev–Trinajstić information content (AvgIpc) is 3.00. The standard InChI is InChI=1S/C17H15FN4OS2/c1-11(23)19-14-6-3-7-15(9-14)20-16-21-22-17(25-16)24-10-12-4-2-5-13(18)8-12/h2-9H,10H2,1H3,(H,19,23)(H,20,21). The summed E-state index contributed by atoms with van der Waals surface area (Å²) in [5.74, 6) is 0.269. The highest BCUT2D eigenvalue weighted by atomic mass is 32.2. The molecule has 2 aromatic carbocycles. The molecule has 0 aliphatic heterocycles. The maximum Gasteiger partial charge on any atom is 0.221 e. The van der Waals surface area contributed by atoms with Crippen LogP contribution in [0.15, 0.2) is 52.9 Å². The van der Waals surface area contributed by atoms with Crippen LogP contribution in [0.5, 0.6) is 0 Å². The summed E-state index contributed by atoms with van der Waals surface area (Å²) < 4.78 is 14.0. The molecule has 3 aromatic rings. The second kappa shape index (κ2) is 8.09. The Bertz CT molecular complexity index is 884. The van der Waals surface area contributed by atoms with Gasteiger partial charge in [0.05, 0.1) is 0 Å². The molecule has 2 N–H and O–H groups in total. The Morgan fingerprint density at radius 2 is 1.96 bits per heavy atom. The van der Waals surface area contributed by atoms with Crippen molar-refractivity contribution in [2.75, 3.05) is 10.6 Å². The Morgan fingerprint density at radius 3 is 2.76 bits per heavy atom. The van der Waals surface area contributed by atoms with Crippen LogP contribution in [-0.4, -0.2) is 16.1 Å². The van der Waals surface area contributed by atoms with E-state index in [9.17, 15) is 9.18 Å². The highest BCUT2D eigenvalue weighted by molar-refractivity contribution is 8.00. The third-order valence-corrected chi connectivity index (χ3v) is 5.14. The summed E-state index contributed by atoms with van der Waals surface area (Å²) in [6.07, 6.45) is 0. The van der Waals surface area contributed by atoms with Crippen LogP contribution >= 0.6 is 23.1 Å². The lowest BCUT2D eigenvalue weighted by Crippen LogP contribution is -2.05. The first kappa shape index (κ1) is 17.4. The molecule has 0 spiro atoms. The summed E-state index contributed by atoms with van der Waals surface area (Å²) in [4.78, 5) is 11.1. The second-order valence-corrected chi connectivity index (χ2v) is 7.38. The Labute approximate surface area is 152 Å². The number of benzene rings is 2. The first-order valence-electron chi connectivity index (χ1n) is 7.44. The fraction of sp³-hybridized carbons (Fsp3) is 0.118. The highest BCUT2D eigenvalue weighted by Crippen LogP contribution is 2.30. The number of hydrogen-bond donors (Lipinski definition) is 2. The molecule has 128 valence electrons. The van der Waals surface area contributed by atoms with Crippen molar-refractivity contribution in [3.63, 3.8) is 0 Å². The maximum absolute atomic E-state index is 13.2. The summed E-state index contributed by atoms with van der Waals surface area (Å²) in [5.41, 5.74) is 2.42. The molecule has 0 atom stereocenters. The minimum absolute atomic E-state index is 0.121. The van der Waals surface area contributed by atoms with Crippen LogP contribution in [0.1, 0.15) is 12.5 Å². The van der Waals surface area contributed by atoms with Gasteiger partial charge < -0.3 is 10.6 Å². The molecule has 0 unspecified atom stereocenters. The summed E-state index contributed by atoms with van der Waals surface area (Å²) in [6, 6.07) is 13.9. The minimum atomic E-state index is -0.239. The normalized spacial score (nSPS) is 10.5. The van der Waals surface area contributed by atoms with E-state index in [1.165, 1.54) is 42.2 Å². The molecule has 0 aliphatic rings. The summed E-state index contributed by atoms with van der Waals surface area (Å²) in [6.45, 7) is 1.47. The number of nitrogens with one attached hydrogen (secondary N) is 2. The minimum Gasteiger partial charge on any atom is -0.330 e. The van der Waals surface area contributed by atoms with Crippen molar-refractivity contribution < 1.29 is 9.18 Å². The molecule has 0 bridgehead atoms. The summed E-state index contributed by atoms with van der Waals surface area (Å²) in [5, 5.41) is 14.8. The Morgan fingerprint density at radius 1 is 1.16 bits per heavy atom. The van der Waals surface area contributed by atoms with Gasteiger partial charge in [-0.15, -0.1) is 10.2 Å². The van der Waals surface area contributed by atoms with Gasteiger partial charge in [-0.25, -0.2) is 4.39 Å². The van der Waals surface area contributed by atoms with Crippen molar-refractivity contribution in [1.29, 1.82) is 0 Å². The van der Waals surface area contributed by atoms with Gasteiger partial charge in [0.1, 0.15) is 5.82 Å². The van der Waals surface area contributed by atoms with Crippen molar-refractivity contribution in [2.24, 2.45) is 0 Å². The molecule has 5 nitrogen and oxygen atoms in total. The monoisotopic (exact) mass is 374 g/mol. The van der Waals surface area contributed by atoms with Crippen molar-refractivity contribution in [2.45, 2.75) is 17.0 Å². The van der Waals surface area contributed by atoms with Crippen LogP contribution in [0.4, 0.5) is 20.9 Å². The molecule has 0 saturated heterocycles. The number of thioether (sulfide) groups is 1. The Balaban J connectivity index is 1.61. The smallest absolute Gasteiger partial charge is 0.221 e. The summed E-state index contributed by atoms with van der Waals surface area (Å²) in [7, 11) is 0. The van der Waals surface area contributed by atoms with Crippen LogP contribution in [0.3, 0.4) is 0 Å². The number of hydrogen-bond acceptors (Lipinski definition) is 6. The fourth-order valence-electron chi connectivity index (χ4n) is 2.09. The molecular weight excluding hydrogens is 359 g/mol. The van der Waals surface area contributed by atoms with Crippen molar-refractivity contribution in [1.82, 2.24) is 10.2 Å². The number of amides is 1. The van der Waals surface area contributed by atoms with Gasteiger partial charge in [-0.3, -0.25) is 4.79 Å². The Kier molecular flexibility index (Phi) is 5.62. The first-order valence-corrected chi connectivity index (χ1v) is 9.24. The van der Waals surface area contributed by atoms with Gasteiger partial charge in [-0.05, 0) is 35.9 Å². The lowest BCUT2D eigenvalue weighted by molar-refractivity contribution is -0.114. The number of nitrogens with zero attached hydrogens (tertiary/aromatic N) is 2. The third-order valence-electron chi connectivity index (χ3n) is 3.09. The van der Waals surface area contributed by atoms with E-state index in [1.807, 2.05) is 30.3 Å². The number of anilines is 3. The number of rotatable bonds is 6. The van der Waals surface area contributed by atoms with Gasteiger partial charge in [-0.2, -0.15) is 0 Å². The van der Waals surface area contributed by atoms with E-state index in [0.29, 0.717) is 16.6 Å². The molecule has 0 aliphatic carbocycles. The van der Waals surface area contributed by atoms with Crippen LogP contribution in [-0.2, 0) is 10.5 Å². The zero-order chi connectivity index (χ0) is 17.6. The maximum atomic E-state index is 13.2. The first-order chi connectivity index (χ1) is 12.1. The number of halogens is 1. The third kappa shape index (κ3) is 5.27. The van der Waals surface area contributed by atoms with E-state index in [4.69, 9.17) is 0 Å². The number of carbonyl (C=O) groups is 1. The lowest BCUT2D eigenvalue weighted by atomic mass is 10.2. The average molecular weight is 374 g/mol. The SMILES string of the molecule is CC(=O)Nc1cccc(Nc2nnc(SCc3cccc(F)c3)s2)c1. The number of aromatic nitrogens is 2. The van der Waals surface area contributed by atoms with Crippen LogP contribution in [0, 0.1) is 5.82 Å². The second-order valence-electron chi connectivity index (χ2n) is 5.18. The lowest BCUT2D eigenvalue weighted by Gasteiger charge is -2.05. The van der Waals surface area contributed by atoms with Gasteiger partial charge >= 0.3 is 0 Å². The van der Waals surface area contributed by atoms with Crippen LogP contribution < -0.4 is 10.6 Å². The predicted molar refractivity (Wildman–Crippen MR) is 99.9 cm³/mol. The van der Waals surface area contributed by atoms with Gasteiger partial charge in [0.2, 0.25) is 11.0 Å². The zero-order valence-corrected chi connectivity index (χ0v) is 15.0. The largest absolute Gasteiger partial charge is 0.330 e. The quantitative estimate of drug-likeness (QED) is 0.614. The van der Waals surface area contributed by atoms with Gasteiger partial charge in [0, 0.05) is 24.1 Å². The summed E-state index contributed by atoms with van der Waals surface area (Å²) >= 11 is 2.93. The molecule has 25 heavy (non-hydrogen) atoms. The molecule has 8 heteroatoms.